The van der Waals surface area contributed by atoms with E-state index < -0.39 is 0 Å². The van der Waals surface area contributed by atoms with Crippen LogP contribution in [-0.4, -0.2) is 24.8 Å². The van der Waals surface area contributed by atoms with E-state index in [1.165, 1.54) is 0 Å². The molecular formula is C14H18O4. The van der Waals surface area contributed by atoms with Crippen molar-refractivity contribution in [3.8, 4) is 11.5 Å². The molecule has 1 unspecified atom stereocenters. The molecule has 18 heavy (non-hydrogen) atoms. The van der Waals surface area contributed by atoms with Crippen molar-refractivity contribution >= 4 is 5.97 Å². The predicted octanol–water partition coefficient (Wildman–Crippen LogP) is 2.38. The van der Waals surface area contributed by atoms with Gasteiger partial charge in [-0.25, -0.2) is 0 Å². The summed E-state index contributed by atoms with van der Waals surface area (Å²) >= 11 is 0. The third-order valence-corrected chi connectivity index (χ3v) is 3.34. The van der Waals surface area contributed by atoms with Crippen LogP contribution in [0.1, 0.15) is 36.8 Å². The monoisotopic (exact) mass is 250 g/mol. The summed E-state index contributed by atoms with van der Waals surface area (Å²) in [7, 11) is 1.58. The van der Waals surface area contributed by atoms with Gasteiger partial charge in [0.1, 0.15) is 11.5 Å². The Kier molecular flexibility index (Phi) is 3.75. The molecule has 0 saturated heterocycles. The Balaban J connectivity index is 2.20. The van der Waals surface area contributed by atoms with Gasteiger partial charge in [0.15, 0.2) is 0 Å². The molecule has 0 heterocycles. The second-order valence-electron chi connectivity index (χ2n) is 4.46. The number of aromatic hydroxyl groups is 1. The van der Waals surface area contributed by atoms with E-state index in [1.54, 1.807) is 20.1 Å². The van der Waals surface area contributed by atoms with Gasteiger partial charge in [-0.3, -0.25) is 4.79 Å². The van der Waals surface area contributed by atoms with Gasteiger partial charge in [0.25, 0.3) is 0 Å². The Morgan fingerprint density at radius 3 is 2.94 bits per heavy atom. The Morgan fingerprint density at radius 2 is 2.28 bits per heavy atom. The Bertz CT molecular complexity index is 453. The van der Waals surface area contributed by atoms with Crippen LogP contribution in [0.5, 0.6) is 11.5 Å². The number of hydrogen-bond donors (Lipinski definition) is 1. The zero-order chi connectivity index (χ0) is 13.1. The number of methoxy groups -OCH3 is 1. The molecule has 0 saturated carbocycles. The fourth-order valence-corrected chi connectivity index (χ4v) is 2.56. The van der Waals surface area contributed by atoms with Crippen LogP contribution in [0.25, 0.3) is 0 Å². The summed E-state index contributed by atoms with van der Waals surface area (Å²) in [4.78, 5) is 11.5. The maximum absolute atomic E-state index is 11.5. The first kappa shape index (κ1) is 12.7. The average molecular weight is 250 g/mol. The van der Waals surface area contributed by atoms with Gasteiger partial charge in [-0.15, -0.1) is 0 Å². The smallest absolute Gasteiger partial charge is 0.306 e. The van der Waals surface area contributed by atoms with Crippen LogP contribution < -0.4 is 4.74 Å². The molecule has 0 amide bonds. The van der Waals surface area contributed by atoms with Gasteiger partial charge in [0.05, 0.1) is 20.1 Å². The fraction of sp³-hybridized carbons (Fsp3) is 0.500. The highest BCUT2D eigenvalue weighted by atomic mass is 16.5. The molecule has 0 spiro atoms. The lowest BCUT2D eigenvalue weighted by molar-refractivity contribution is -0.143. The van der Waals surface area contributed by atoms with Crippen LogP contribution in [0.2, 0.25) is 0 Å². The second-order valence-corrected chi connectivity index (χ2v) is 4.46. The van der Waals surface area contributed by atoms with Gasteiger partial charge >= 0.3 is 5.97 Å². The number of benzene rings is 1. The molecule has 4 nitrogen and oxygen atoms in total. The van der Waals surface area contributed by atoms with Gasteiger partial charge in [-0.2, -0.15) is 0 Å². The van der Waals surface area contributed by atoms with E-state index in [1.807, 2.05) is 6.07 Å². The lowest BCUT2D eigenvalue weighted by Crippen LogP contribution is -2.08. The molecule has 1 aromatic carbocycles. The Labute approximate surface area is 107 Å². The normalized spacial score (nSPS) is 17.3. The maximum Gasteiger partial charge on any atom is 0.306 e. The number of esters is 1. The molecule has 98 valence electrons. The highest BCUT2D eigenvalue weighted by Crippen LogP contribution is 2.43. The van der Waals surface area contributed by atoms with E-state index in [2.05, 4.69) is 0 Å². The average Bonchev–Trinajstić information content (AvgIpc) is 2.73. The summed E-state index contributed by atoms with van der Waals surface area (Å²) < 4.78 is 10.1. The van der Waals surface area contributed by atoms with Crippen LogP contribution >= 0.6 is 0 Å². The topological polar surface area (TPSA) is 55.8 Å². The van der Waals surface area contributed by atoms with E-state index in [0.29, 0.717) is 18.8 Å². The molecule has 2 rings (SSSR count). The summed E-state index contributed by atoms with van der Waals surface area (Å²) in [6.07, 6.45) is 2.07. The minimum Gasteiger partial charge on any atom is -0.508 e. The van der Waals surface area contributed by atoms with Crippen molar-refractivity contribution in [2.75, 3.05) is 13.7 Å². The third kappa shape index (κ3) is 2.42. The van der Waals surface area contributed by atoms with E-state index in [0.717, 1.165) is 24.0 Å². The number of rotatable bonds is 4. The number of aryl methyl sites for hydroxylation is 1. The van der Waals surface area contributed by atoms with Gasteiger partial charge in [-0.05, 0) is 37.3 Å². The van der Waals surface area contributed by atoms with Crippen LogP contribution in [0.3, 0.4) is 0 Å². The molecule has 1 aliphatic rings. The van der Waals surface area contributed by atoms with E-state index in [9.17, 15) is 9.90 Å². The van der Waals surface area contributed by atoms with Gasteiger partial charge in [-0.1, -0.05) is 0 Å². The second kappa shape index (κ2) is 5.29. The molecule has 4 heteroatoms. The molecule has 0 bridgehead atoms. The van der Waals surface area contributed by atoms with Crippen LogP contribution in [0, 0.1) is 0 Å². The van der Waals surface area contributed by atoms with Crippen LogP contribution in [-0.2, 0) is 16.0 Å². The Morgan fingerprint density at radius 1 is 1.50 bits per heavy atom. The summed E-state index contributed by atoms with van der Waals surface area (Å²) in [5, 5.41) is 10.0. The van der Waals surface area contributed by atoms with Crippen molar-refractivity contribution in [2.24, 2.45) is 0 Å². The lowest BCUT2D eigenvalue weighted by Gasteiger charge is -2.13. The van der Waals surface area contributed by atoms with Crippen molar-refractivity contribution in [1.82, 2.24) is 0 Å². The minimum atomic E-state index is -0.203. The summed E-state index contributed by atoms with van der Waals surface area (Å²) in [6, 6.07) is 3.53. The number of carbonyl (C=O) groups is 1. The third-order valence-electron chi connectivity index (χ3n) is 3.34. The predicted molar refractivity (Wildman–Crippen MR) is 67.0 cm³/mol. The molecule has 1 aromatic rings. The standard InChI is InChI=1S/C14H18O4/c1-3-18-13(16)7-10-5-4-9-6-11(17-2)8-12(15)14(9)10/h6,8,10,15H,3-5,7H2,1-2H3. The highest BCUT2D eigenvalue weighted by Gasteiger charge is 2.28. The lowest BCUT2D eigenvalue weighted by atomic mass is 9.97. The van der Waals surface area contributed by atoms with Gasteiger partial charge < -0.3 is 14.6 Å². The number of fused-ring (bicyclic) bond motifs is 1. The maximum atomic E-state index is 11.5. The quantitative estimate of drug-likeness (QED) is 0.834. The van der Waals surface area contributed by atoms with Crippen molar-refractivity contribution in [1.29, 1.82) is 0 Å². The molecule has 1 aliphatic carbocycles. The van der Waals surface area contributed by atoms with Crippen molar-refractivity contribution in [2.45, 2.75) is 32.1 Å². The van der Waals surface area contributed by atoms with E-state index in [-0.39, 0.29) is 17.6 Å². The van der Waals surface area contributed by atoms with Crippen molar-refractivity contribution < 1.29 is 19.4 Å². The van der Waals surface area contributed by atoms with Crippen LogP contribution in [0.4, 0.5) is 0 Å². The zero-order valence-corrected chi connectivity index (χ0v) is 10.7. The molecule has 0 aromatic heterocycles. The van der Waals surface area contributed by atoms with Crippen molar-refractivity contribution in [3.05, 3.63) is 23.3 Å². The number of carbonyl (C=O) groups excluding carboxylic acids is 1. The SMILES string of the molecule is CCOC(=O)CC1CCc2cc(OC)cc(O)c21. The van der Waals surface area contributed by atoms with Crippen LogP contribution in [0.15, 0.2) is 12.1 Å². The number of phenolic OH excluding ortho intramolecular Hbond substituents is 1. The molecule has 1 atom stereocenters. The largest absolute Gasteiger partial charge is 0.508 e. The van der Waals surface area contributed by atoms with E-state index in [4.69, 9.17) is 9.47 Å². The summed E-state index contributed by atoms with van der Waals surface area (Å²) in [5.74, 6) is 0.731. The summed E-state index contributed by atoms with van der Waals surface area (Å²) in [6.45, 7) is 2.19. The first-order valence-corrected chi connectivity index (χ1v) is 6.21. The number of phenols is 1. The zero-order valence-electron chi connectivity index (χ0n) is 10.7. The Hall–Kier alpha value is -1.71. The van der Waals surface area contributed by atoms with Gasteiger partial charge in [0, 0.05) is 11.6 Å². The number of ether oxygens (including phenoxy) is 2. The van der Waals surface area contributed by atoms with E-state index >= 15 is 0 Å². The van der Waals surface area contributed by atoms with Gasteiger partial charge in [0.2, 0.25) is 0 Å². The molecule has 0 fully saturated rings. The fourth-order valence-electron chi connectivity index (χ4n) is 2.56. The first-order valence-electron chi connectivity index (χ1n) is 6.21. The minimum absolute atomic E-state index is 0.0601. The first-order chi connectivity index (χ1) is 8.65. The molecule has 1 N–H and O–H groups in total. The summed E-state index contributed by atoms with van der Waals surface area (Å²) in [5.41, 5.74) is 1.95. The number of hydrogen-bond acceptors (Lipinski definition) is 4. The highest BCUT2D eigenvalue weighted by molar-refractivity contribution is 5.71. The van der Waals surface area contributed by atoms with Crippen molar-refractivity contribution in [3.63, 3.8) is 0 Å². The molecule has 0 radical (unpaired) electrons. The molecular weight excluding hydrogens is 232 g/mol. The molecule has 0 aliphatic heterocycles.